The predicted molar refractivity (Wildman–Crippen MR) is 59.2 cm³/mol. The van der Waals surface area contributed by atoms with E-state index in [0.717, 1.165) is 0 Å². The van der Waals surface area contributed by atoms with Crippen LogP contribution in [-0.2, 0) is 0 Å². The van der Waals surface area contributed by atoms with E-state index in [4.69, 9.17) is 0 Å². The van der Waals surface area contributed by atoms with Crippen LogP contribution in [-0.4, -0.2) is 10.3 Å². The van der Waals surface area contributed by atoms with Gasteiger partial charge in [-0.15, -0.1) is 0 Å². The Morgan fingerprint density at radius 3 is 2.00 bits per heavy atom. The van der Waals surface area contributed by atoms with E-state index in [-0.39, 0.29) is 5.82 Å². The fourth-order valence-corrected chi connectivity index (χ4v) is 0.910. The molecular weight excluding hydrogens is 195 g/mol. The number of hydrogen-bond donors (Lipinski definition) is 0. The van der Waals surface area contributed by atoms with E-state index in [1.807, 2.05) is 27.7 Å². The number of rotatable bonds is 0. The van der Waals surface area contributed by atoms with E-state index in [1.54, 1.807) is 13.0 Å². The summed E-state index contributed by atoms with van der Waals surface area (Å²) >= 11 is 0. The third kappa shape index (κ3) is 3.31. The van der Waals surface area contributed by atoms with Gasteiger partial charge in [-0.25, -0.2) is 9.02 Å². The average molecular weight is 212 g/mol. The van der Waals surface area contributed by atoms with Crippen molar-refractivity contribution >= 4 is 11.0 Å². The van der Waals surface area contributed by atoms with Crippen molar-refractivity contribution in [2.45, 2.75) is 34.6 Å². The van der Waals surface area contributed by atoms with Gasteiger partial charge in [0.05, 0.1) is 0 Å². The fraction of sp³-hybridized carbons (Fsp3) is 0.455. The lowest BCUT2D eigenvalue weighted by Crippen LogP contribution is -1.81. The summed E-state index contributed by atoms with van der Waals surface area (Å²) < 4.78 is 17.2. The molecular formula is C11H17FN2O. The van der Waals surface area contributed by atoms with Gasteiger partial charge in [0.15, 0.2) is 0 Å². The summed E-state index contributed by atoms with van der Waals surface area (Å²) in [6, 6.07) is 2.91. The highest BCUT2D eigenvalue weighted by Crippen LogP contribution is 2.14. The van der Waals surface area contributed by atoms with Gasteiger partial charge < -0.3 is 0 Å². The zero-order valence-electron chi connectivity index (χ0n) is 9.84. The lowest BCUT2D eigenvalue weighted by atomic mass is 10.2. The van der Waals surface area contributed by atoms with Crippen LogP contribution in [0.2, 0.25) is 0 Å². The first-order chi connectivity index (χ1) is 7.27. The van der Waals surface area contributed by atoms with Crippen molar-refractivity contribution in [3.8, 4) is 0 Å². The molecule has 0 aliphatic rings. The molecule has 15 heavy (non-hydrogen) atoms. The highest BCUT2D eigenvalue weighted by Gasteiger charge is 2.03. The van der Waals surface area contributed by atoms with Gasteiger partial charge in [-0.05, 0) is 28.9 Å². The minimum Gasteiger partial charge on any atom is -0.243 e. The van der Waals surface area contributed by atoms with Crippen LogP contribution in [0.15, 0.2) is 16.8 Å². The van der Waals surface area contributed by atoms with Gasteiger partial charge in [0.25, 0.3) is 0 Å². The SMILES string of the molecule is CC.CC.Cc1cc2nonc2cc1F. The zero-order valence-corrected chi connectivity index (χ0v) is 9.84. The summed E-state index contributed by atoms with van der Waals surface area (Å²) in [5.74, 6) is -0.284. The van der Waals surface area contributed by atoms with E-state index in [2.05, 4.69) is 14.9 Å². The molecule has 0 aliphatic heterocycles. The van der Waals surface area contributed by atoms with Gasteiger partial charge in [0.2, 0.25) is 0 Å². The molecule has 2 rings (SSSR count). The normalized spacial score (nSPS) is 8.67. The van der Waals surface area contributed by atoms with Crippen LogP contribution in [0.5, 0.6) is 0 Å². The van der Waals surface area contributed by atoms with Crippen molar-refractivity contribution in [3.05, 3.63) is 23.5 Å². The van der Waals surface area contributed by atoms with E-state index < -0.39 is 0 Å². The molecule has 84 valence electrons. The fourth-order valence-electron chi connectivity index (χ4n) is 0.910. The summed E-state index contributed by atoms with van der Waals surface area (Å²) in [7, 11) is 0. The van der Waals surface area contributed by atoms with Gasteiger partial charge in [0.1, 0.15) is 16.9 Å². The Labute approximate surface area is 89.3 Å². The quantitative estimate of drug-likeness (QED) is 0.668. The zero-order chi connectivity index (χ0) is 11.8. The molecule has 0 spiro atoms. The van der Waals surface area contributed by atoms with Gasteiger partial charge >= 0.3 is 0 Å². The topological polar surface area (TPSA) is 38.9 Å². The van der Waals surface area contributed by atoms with Crippen LogP contribution in [0.4, 0.5) is 4.39 Å². The summed E-state index contributed by atoms with van der Waals surface area (Å²) in [4.78, 5) is 0. The molecule has 2 aromatic rings. The maximum atomic E-state index is 12.8. The summed E-state index contributed by atoms with van der Waals surface area (Å²) in [5, 5.41) is 7.06. The first-order valence-corrected chi connectivity index (χ1v) is 5.16. The third-order valence-electron chi connectivity index (χ3n) is 1.53. The molecule has 0 saturated heterocycles. The summed E-state index contributed by atoms with van der Waals surface area (Å²) in [6.07, 6.45) is 0. The Hall–Kier alpha value is -1.45. The second-order valence-electron chi connectivity index (χ2n) is 2.35. The van der Waals surface area contributed by atoms with Crippen molar-refractivity contribution < 1.29 is 9.02 Å². The monoisotopic (exact) mass is 212 g/mol. The maximum Gasteiger partial charge on any atom is 0.138 e. The van der Waals surface area contributed by atoms with Gasteiger partial charge in [0, 0.05) is 6.07 Å². The minimum absolute atomic E-state index is 0.284. The van der Waals surface area contributed by atoms with Gasteiger partial charge in [-0.2, -0.15) is 0 Å². The Bertz CT molecular complexity index is 362. The molecule has 0 aliphatic carbocycles. The number of aryl methyl sites for hydroxylation is 1. The highest BCUT2D eigenvalue weighted by molar-refractivity contribution is 5.73. The number of fused-ring (bicyclic) bond motifs is 1. The number of hydrogen-bond acceptors (Lipinski definition) is 3. The number of aromatic nitrogens is 2. The number of benzene rings is 1. The van der Waals surface area contributed by atoms with Crippen molar-refractivity contribution in [2.75, 3.05) is 0 Å². The first-order valence-electron chi connectivity index (χ1n) is 5.16. The van der Waals surface area contributed by atoms with E-state index in [1.165, 1.54) is 6.07 Å². The average Bonchev–Trinajstić information content (AvgIpc) is 2.72. The Kier molecular flexibility index (Phi) is 6.25. The van der Waals surface area contributed by atoms with E-state index in [9.17, 15) is 4.39 Å². The van der Waals surface area contributed by atoms with Crippen LogP contribution < -0.4 is 0 Å². The van der Waals surface area contributed by atoms with Crippen LogP contribution in [0, 0.1) is 12.7 Å². The smallest absolute Gasteiger partial charge is 0.138 e. The van der Waals surface area contributed by atoms with Crippen LogP contribution in [0.25, 0.3) is 11.0 Å². The van der Waals surface area contributed by atoms with Crippen molar-refractivity contribution in [1.82, 2.24) is 10.3 Å². The number of halogens is 1. The molecule has 4 heteroatoms. The first kappa shape index (κ1) is 13.5. The molecule has 0 unspecified atom stereocenters. The number of nitrogens with zero attached hydrogens (tertiary/aromatic N) is 2. The largest absolute Gasteiger partial charge is 0.243 e. The van der Waals surface area contributed by atoms with Crippen molar-refractivity contribution in [1.29, 1.82) is 0 Å². The summed E-state index contributed by atoms with van der Waals surface area (Å²) in [6.45, 7) is 9.67. The van der Waals surface area contributed by atoms with Crippen LogP contribution >= 0.6 is 0 Å². The molecule has 3 nitrogen and oxygen atoms in total. The lowest BCUT2D eigenvalue weighted by molar-refractivity contribution is 0.315. The molecule has 1 heterocycles. The third-order valence-corrected chi connectivity index (χ3v) is 1.53. The maximum absolute atomic E-state index is 12.8. The molecule has 1 aromatic heterocycles. The van der Waals surface area contributed by atoms with Gasteiger partial charge in [-0.1, -0.05) is 27.7 Å². The Balaban J connectivity index is 0.000000442. The second-order valence-corrected chi connectivity index (χ2v) is 2.35. The Morgan fingerprint density at radius 1 is 1.00 bits per heavy atom. The molecule has 0 atom stereocenters. The molecule has 0 amide bonds. The van der Waals surface area contributed by atoms with E-state index >= 15 is 0 Å². The molecule has 0 radical (unpaired) electrons. The van der Waals surface area contributed by atoms with E-state index in [0.29, 0.717) is 16.6 Å². The molecule has 0 N–H and O–H groups in total. The standard InChI is InChI=1S/C7H5FN2O.2C2H6/c1-4-2-6-7(3-5(4)8)10-11-9-6;2*1-2/h2-3H,1H3;2*1-2H3. The molecule has 1 aromatic carbocycles. The van der Waals surface area contributed by atoms with Crippen LogP contribution in [0.3, 0.4) is 0 Å². The summed E-state index contributed by atoms with van der Waals surface area (Å²) in [5.41, 5.74) is 1.59. The highest BCUT2D eigenvalue weighted by atomic mass is 19.1. The van der Waals surface area contributed by atoms with Crippen LogP contribution in [0.1, 0.15) is 33.3 Å². The van der Waals surface area contributed by atoms with Crippen molar-refractivity contribution in [2.24, 2.45) is 0 Å². The van der Waals surface area contributed by atoms with Crippen molar-refractivity contribution in [3.63, 3.8) is 0 Å². The lowest BCUT2D eigenvalue weighted by Gasteiger charge is -1.91. The second kappa shape index (κ2) is 6.92. The predicted octanol–water partition coefficient (Wildman–Crippen LogP) is 3.72. The Morgan fingerprint density at radius 2 is 1.47 bits per heavy atom. The molecule has 0 saturated carbocycles. The molecule has 0 bridgehead atoms. The molecule has 0 fully saturated rings. The van der Waals surface area contributed by atoms with Gasteiger partial charge in [-0.3, -0.25) is 0 Å². The minimum atomic E-state index is -0.284.